The molecular weight excluding hydrogens is 224 g/mol. The molecule has 0 radical (unpaired) electrons. The summed E-state index contributed by atoms with van der Waals surface area (Å²) in [5.41, 5.74) is 0.890. The first-order chi connectivity index (χ1) is 8.77. The number of ether oxygens (including phenoxy) is 1. The van der Waals surface area contributed by atoms with Crippen molar-refractivity contribution in [2.75, 3.05) is 6.61 Å². The first-order valence-electron chi connectivity index (χ1n) is 7.17. The van der Waals surface area contributed by atoms with Gasteiger partial charge in [-0.3, -0.25) is 0 Å². The number of aliphatic hydroxyl groups excluding tert-OH is 1. The summed E-state index contributed by atoms with van der Waals surface area (Å²) in [6, 6.07) is 7.78. The highest BCUT2D eigenvalue weighted by Crippen LogP contribution is 2.28. The molecule has 0 spiro atoms. The molecule has 1 aromatic rings. The fraction of sp³-hybridized carbons (Fsp3) is 0.625. The highest BCUT2D eigenvalue weighted by atomic mass is 16.5. The molecule has 1 aliphatic rings. The van der Waals surface area contributed by atoms with Gasteiger partial charge in [-0.25, -0.2) is 0 Å². The monoisotopic (exact) mass is 248 g/mol. The van der Waals surface area contributed by atoms with E-state index in [9.17, 15) is 5.11 Å². The summed E-state index contributed by atoms with van der Waals surface area (Å²) in [6.07, 6.45) is 7.58. The highest BCUT2D eigenvalue weighted by Gasteiger charge is 2.14. The molecule has 0 aliphatic heterocycles. The van der Waals surface area contributed by atoms with Crippen LogP contribution in [0, 0.1) is 5.92 Å². The molecule has 1 saturated carbocycles. The van der Waals surface area contributed by atoms with Crippen molar-refractivity contribution in [3.63, 3.8) is 0 Å². The van der Waals surface area contributed by atoms with E-state index in [1.54, 1.807) is 6.92 Å². The van der Waals surface area contributed by atoms with Gasteiger partial charge in [0.15, 0.2) is 0 Å². The van der Waals surface area contributed by atoms with Crippen LogP contribution in [-0.4, -0.2) is 11.7 Å². The first-order valence-corrected chi connectivity index (χ1v) is 7.17. The van der Waals surface area contributed by atoms with Crippen molar-refractivity contribution in [2.24, 2.45) is 5.92 Å². The predicted octanol–water partition coefficient (Wildman–Crippen LogP) is 4.09. The topological polar surface area (TPSA) is 29.5 Å². The smallest absolute Gasteiger partial charge is 0.125 e. The Hall–Kier alpha value is -1.02. The number of rotatable bonds is 5. The van der Waals surface area contributed by atoms with Gasteiger partial charge in [-0.1, -0.05) is 50.3 Å². The SMILES string of the molecule is CC(O)c1ccccc1OCCC1CCCCC1. The van der Waals surface area contributed by atoms with Gasteiger partial charge in [0.1, 0.15) is 5.75 Å². The predicted molar refractivity (Wildman–Crippen MR) is 73.8 cm³/mol. The van der Waals surface area contributed by atoms with Crippen LogP contribution in [0.25, 0.3) is 0 Å². The van der Waals surface area contributed by atoms with Crippen molar-refractivity contribution in [3.8, 4) is 5.75 Å². The van der Waals surface area contributed by atoms with E-state index in [2.05, 4.69) is 0 Å². The van der Waals surface area contributed by atoms with Gasteiger partial charge in [0.2, 0.25) is 0 Å². The second kappa shape index (κ2) is 6.79. The van der Waals surface area contributed by atoms with Crippen LogP contribution < -0.4 is 4.74 Å². The summed E-state index contributed by atoms with van der Waals surface area (Å²) in [6.45, 7) is 2.55. The van der Waals surface area contributed by atoms with E-state index in [1.165, 1.54) is 32.1 Å². The number of benzene rings is 1. The zero-order valence-electron chi connectivity index (χ0n) is 11.3. The standard InChI is InChI=1S/C16H24O2/c1-13(17)15-9-5-6-10-16(15)18-12-11-14-7-3-2-4-8-14/h5-6,9-10,13-14,17H,2-4,7-8,11-12H2,1H3. The Bertz CT molecular complexity index is 354. The molecule has 1 atom stereocenters. The molecule has 18 heavy (non-hydrogen) atoms. The summed E-state index contributed by atoms with van der Waals surface area (Å²) < 4.78 is 5.84. The normalized spacial score (nSPS) is 18.6. The molecular formula is C16H24O2. The molecule has 0 saturated heterocycles. The van der Waals surface area contributed by atoms with E-state index < -0.39 is 6.10 Å². The molecule has 100 valence electrons. The Kier molecular flexibility index (Phi) is 5.06. The highest BCUT2D eigenvalue weighted by molar-refractivity contribution is 5.34. The van der Waals surface area contributed by atoms with Crippen LogP contribution in [0.2, 0.25) is 0 Å². The van der Waals surface area contributed by atoms with E-state index in [1.807, 2.05) is 24.3 Å². The summed E-state index contributed by atoms with van der Waals surface area (Å²) in [7, 11) is 0. The number of hydrogen-bond acceptors (Lipinski definition) is 2. The second-order valence-corrected chi connectivity index (χ2v) is 5.35. The summed E-state index contributed by atoms with van der Waals surface area (Å²) in [4.78, 5) is 0. The fourth-order valence-corrected chi connectivity index (χ4v) is 2.77. The Labute approximate surface area is 110 Å². The molecule has 1 aliphatic carbocycles. The van der Waals surface area contributed by atoms with Crippen molar-refractivity contribution in [1.29, 1.82) is 0 Å². The molecule has 2 heteroatoms. The minimum absolute atomic E-state index is 0.462. The van der Waals surface area contributed by atoms with E-state index in [-0.39, 0.29) is 0 Å². The van der Waals surface area contributed by atoms with Gasteiger partial charge in [0, 0.05) is 5.56 Å². The maximum absolute atomic E-state index is 9.67. The molecule has 0 amide bonds. The minimum Gasteiger partial charge on any atom is -0.493 e. The van der Waals surface area contributed by atoms with Gasteiger partial charge < -0.3 is 9.84 Å². The van der Waals surface area contributed by atoms with E-state index in [4.69, 9.17) is 4.74 Å². The van der Waals surface area contributed by atoms with Crippen molar-refractivity contribution < 1.29 is 9.84 Å². The van der Waals surface area contributed by atoms with Gasteiger partial charge in [-0.2, -0.15) is 0 Å². The summed E-state index contributed by atoms with van der Waals surface area (Å²) in [5, 5.41) is 9.67. The van der Waals surface area contributed by atoms with Crippen LogP contribution in [-0.2, 0) is 0 Å². The molecule has 1 unspecified atom stereocenters. The second-order valence-electron chi connectivity index (χ2n) is 5.35. The van der Waals surface area contributed by atoms with Crippen molar-refractivity contribution in [2.45, 2.75) is 51.6 Å². The maximum Gasteiger partial charge on any atom is 0.125 e. The largest absolute Gasteiger partial charge is 0.493 e. The van der Waals surface area contributed by atoms with Crippen molar-refractivity contribution in [3.05, 3.63) is 29.8 Å². The third-order valence-corrected chi connectivity index (χ3v) is 3.88. The lowest BCUT2D eigenvalue weighted by Crippen LogP contribution is -2.11. The number of para-hydroxylation sites is 1. The molecule has 2 nitrogen and oxygen atoms in total. The van der Waals surface area contributed by atoms with Gasteiger partial charge in [0.25, 0.3) is 0 Å². The van der Waals surface area contributed by atoms with Crippen LogP contribution in [0.15, 0.2) is 24.3 Å². The zero-order valence-corrected chi connectivity index (χ0v) is 11.3. The van der Waals surface area contributed by atoms with E-state index >= 15 is 0 Å². The van der Waals surface area contributed by atoms with Gasteiger partial charge in [-0.05, 0) is 25.3 Å². The Morgan fingerprint density at radius 1 is 1.22 bits per heavy atom. The van der Waals surface area contributed by atoms with Crippen LogP contribution in [0.1, 0.15) is 57.1 Å². The lowest BCUT2D eigenvalue weighted by atomic mass is 9.87. The molecule has 0 heterocycles. The molecule has 0 aromatic heterocycles. The summed E-state index contributed by atoms with van der Waals surface area (Å²) in [5.74, 6) is 1.68. The number of hydrogen-bond donors (Lipinski definition) is 1. The first kappa shape index (κ1) is 13.4. The Morgan fingerprint density at radius 2 is 1.94 bits per heavy atom. The average Bonchev–Trinajstić information content (AvgIpc) is 2.40. The third kappa shape index (κ3) is 3.74. The maximum atomic E-state index is 9.67. The quantitative estimate of drug-likeness (QED) is 0.850. The molecule has 1 fully saturated rings. The van der Waals surface area contributed by atoms with Crippen LogP contribution in [0.4, 0.5) is 0 Å². The van der Waals surface area contributed by atoms with Gasteiger partial charge in [0.05, 0.1) is 12.7 Å². The molecule has 2 rings (SSSR count). The van der Waals surface area contributed by atoms with E-state index in [0.717, 1.165) is 30.3 Å². The number of aliphatic hydroxyl groups is 1. The van der Waals surface area contributed by atoms with Crippen molar-refractivity contribution in [1.82, 2.24) is 0 Å². The van der Waals surface area contributed by atoms with Gasteiger partial charge in [-0.15, -0.1) is 0 Å². The van der Waals surface area contributed by atoms with Crippen LogP contribution >= 0.6 is 0 Å². The molecule has 0 bridgehead atoms. The third-order valence-electron chi connectivity index (χ3n) is 3.88. The zero-order chi connectivity index (χ0) is 12.8. The van der Waals surface area contributed by atoms with E-state index in [0.29, 0.717) is 0 Å². The Balaban J connectivity index is 1.82. The van der Waals surface area contributed by atoms with Crippen LogP contribution in [0.3, 0.4) is 0 Å². The summed E-state index contributed by atoms with van der Waals surface area (Å²) >= 11 is 0. The lowest BCUT2D eigenvalue weighted by molar-refractivity contribution is 0.187. The van der Waals surface area contributed by atoms with Gasteiger partial charge >= 0.3 is 0 Å². The average molecular weight is 248 g/mol. The fourth-order valence-electron chi connectivity index (χ4n) is 2.77. The molecule has 1 N–H and O–H groups in total. The van der Waals surface area contributed by atoms with Crippen LogP contribution in [0.5, 0.6) is 5.75 Å². The molecule has 1 aromatic carbocycles. The Morgan fingerprint density at radius 3 is 2.67 bits per heavy atom. The minimum atomic E-state index is -0.462. The lowest BCUT2D eigenvalue weighted by Gasteiger charge is -2.22. The van der Waals surface area contributed by atoms with Crippen molar-refractivity contribution >= 4 is 0 Å².